The van der Waals surface area contributed by atoms with Crippen LogP contribution in [-0.2, 0) is 9.59 Å². The molecule has 2 aromatic carbocycles. The minimum Gasteiger partial charge on any atom is -0.318 e. The molecule has 1 fully saturated rings. The highest BCUT2D eigenvalue weighted by molar-refractivity contribution is 6.39. The molecular weight excluding hydrogens is 414 g/mol. The Kier molecular flexibility index (Phi) is 5.25. The predicted octanol–water partition coefficient (Wildman–Crippen LogP) is 4.72. The second-order valence-corrected chi connectivity index (χ2v) is 7.87. The molecule has 6 nitrogen and oxygen atoms in total. The molecule has 1 aliphatic rings. The maximum absolute atomic E-state index is 13.1. The molecule has 1 saturated heterocycles. The van der Waals surface area contributed by atoms with Gasteiger partial charge >= 0.3 is 6.03 Å². The van der Waals surface area contributed by atoms with Gasteiger partial charge in [0.1, 0.15) is 5.57 Å². The lowest BCUT2D eigenvalue weighted by Crippen LogP contribution is -2.54. The van der Waals surface area contributed by atoms with Gasteiger partial charge in [-0.15, -0.1) is 0 Å². The van der Waals surface area contributed by atoms with Crippen molar-refractivity contribution in [1.29, 1.82) is 0 Å². The number of hydrogen-bond acceptors (Lipinski definition) is 3. The zero-order chi connectivity index (χ0) is 22.3. The molecule has 0 spiro atoms. The van der Waals surface area contributed by atoms with E-state index in [4.69, 9.17) is 11.6 Å². The Morgan fingerprint density at radius 3 is 2.29 bits per heavy atom. The van der Waals surface area contributed by atoms with Gasteiger partial charge in [0.05, 0.1) is 5.69 Å². The van der Waals surface area contributed by atoms with E-state index in [2.05, 4.69) is 9.88 Å². The summed E-state index contributed by atoms with van der Waals surface area (Å²) in [5.41, 5.74) is 4.86. The van der Waals surface area contributed by atoms with Crippen molar-refractivity contribution in [1.82, 2.24) is 9.88 Å². The number of nitrogens with one attached hydrogen (secondary N) is 1. The fourth-order valence-electron chi connectivity index (χ4n) is 3.69. The number of barbiturate groups is 1. The number of amides is 4. The van der Waals surface area contributed by atoms with Gasteiger partial charge in [0, 0.05) is 22.1 Å². The number of hydrogen-bond donors (Lipinski definition) is 1. The summed E-state index contributed by atoms with van der Waals surface area (Å²) in [4.78, 5) is 38.9. The number of aryl methyl sites for hydroxylation is 2. The van der Waals surface area contributed by atoms with E-state index >= 15 is 0 Å². The molecule has 7 heteroatoms. The molecule has 31 heavy (non-hydrogen) atoms. The topological polar surface area (TPSA) is 71.4 Å². The summed E-state index contributed by atoms with van der Waals surface area (Å²) in [7, 11) is 0. The fourth-order valence-corrected chi connectivity index (χ4v) is 3.87. The Morgan fingerprint density at radius 1 is 0.903 bits per heavy atom. The minimum atomic E-state index is -0.806. The Morgan fingerprint density at radius 2 is 1.61 bits per heavy atom. The zero-order valence-electron chi connectivity index (χ0n) is 17.3. The summed E-state index contributed by atoms with van der Waals surface area (Å²) in [5, 5.41) is 2.61. The third-order valence-electron chi connectivity index (χ3n) is 5.23. The molecule has 0 bridgehead atoms. The summed E-state index contributed by atoms with van der Waals surface area (Å²) < 4.78 is 2.05. The highest BCUT2D eigenvalue weighted by atomic mass is 35.5. The number of urea groups is 1. The maximum atomic E-state index is 13.1. The van der Waals surface area contributed by atoms with Crippen molar-refractivity contribution in [3.05, 3.63) is 87.7 Å². The van der Waals surface area contributed by atoms with Gasteiger partial charge in [-0.1, -0.05) is 35.4 Å². The summed E-state index contributed by atoms with van der Waals surface area (Å²) in [5.74, 6) is -1.43. The number of anilines is 1. The predicted molar refractivity (Wildman–Crippen MR) is 120 cm³/mol. The first kappa shape index (κ1) is 20.6. The summed E-state index contributed by atoms with van der Waals surface area (Å²) in [6, 6.07) is 15.5. The van der Waals surface area contributed by atoms with Crippen molar-refractivity contribution >= 4 is 41.2 Å². The average molecular weight is 434 g/mol. The number of carbonyl (C=O) groups excluding carboxylic acids is 3. The summed E-state index contributed by atoms with van der Waals surface area (Å²) in [6.07, 6.45) is 1.52. The molecular formula is C24H20ClN3O3. The van der Waals surface area contributed by atoms with Crippen molar-refractivity contribution in [3.8, 4) is 5.69 Å². The molecule has 4 amide bonds. The highest BCUT2D eigenvalue weighted by Crippen LogP contribution is 2.27. The van der Waals surface area contributed by atoms with Gasteiger partial charge in [0.15, 0.2) is 0 Å². The maximum Gasteiger partial charge on any atom is 0.335 e. The molecule has 0 unspecified atom stereocenters. The van der Waals surface area contributed by atoms with Gasteiger partial charge < -0.3 is 4.57 Å². The smallest absolute Gasteiger partial charge is 0.318 e. The van der Waals surface area contributed by atoms with Crippen LogP contribution in [0.1, 0.15) is 22.5 Å². The first-order valence-corrected chi connectivity index (χ1v) is 10.1. The molecule has 1 aromatic heterocycles. The van der Waals surface area contributed by atoms with Gasteiger partial charge in [-0.2, -0.15) is 0 Å². The number of nitrogens with zero attached hydrogens (tertiary/aromatic N) is 2. The normalized spacial score (nSPS) is 15.5. The van der Waals surface area contributed by atoms with Gasteiger partial charge in [-0.3, -0.25) is 14.9 Å². The highest BCUT2D eigenvalue weighted by Gasteiger charge is 2.37. The van der Waals surface area contributed by atoms with E-state index in [1.165, 1.54) is 12.1 Å². The molecule has 156 valence electrons. The van der Waals surface area contributed by atoms with Crippen LogP contribution in [0.25, 0.3) is 11.8 Å². The molecule has 1 N–H and O–H groups in total. The van der Waals surface area contributed by atoms with Gasteiger partial charge in [-0.05, 0) is 68.8 Å². The van der Waals surface area contributed by atoms with Gasteiger partial charge in [0.25, 0.3) is 11.8 Å². The van der Waals surface area contributed by atoms with E-state index in [9.17, 15) is 14.4 Å². The number of benzene rings is 2. The zero-order valence-corrected chi connectivity index (χ0v) is 18.0. The fraction of sp³-hybridized carbons (Fsp3) is 0.125. The van der Waals surface area contributed by atoms with Crippen molar-refractivity contribution in [2.24, 2.45) is 0 Å². The van der Waals surface area contributed by atoms with Crippen molar-refractivity contribution in [3.63, 3.8) is 0 Å². The SMILES string of the molecule is Cc1ccc(-n2c(C)cc(C=C3C(=O)NC(=O)N(c4cccc(Cl)c4)C3=O)c2C)cc1. The Bertz CT molecular complexity index is 1260. The first-order valence-electron chi connectivity index (χ1n) is 9.69. The largest absolute Gasteiger partial charge is 0.335 e. The van der Waals surface area contributed by atoms with Crippen LogP contribution in [0, 0.1) is 20.8 Å². The van der Waals surface area contributed by atoms with Crippen LogP contribution in [0.5, 0.6) is 0 Å². The lowest BCUT2D eigenvalue weighted by atomic mass is 10.1. The van der Waals surface area contributed by atoms with Crippen LogP contribution >= 0.6 is 11.6 Å². The number of aromatic nitrogens is 1. The molecule has 4 rings (SSSR count). The quantitative estimate of drug-likeness (QED) is 0.479. The first-order chi connectivity index (χ1) is 14.8. The van der Waals surface area contributed by atoms with E-state index < -0.39 is 17.8 Å². The van der Waals surface area contributed by atoms with Crippen molar-refractivity contribution in [2.45, 2.75) is 20.8 Å². The van der Waals surface area contributed by atoms with E-state index in [0.29, 0.717) is 10.7 Å². The number of halogens is 1. The molecule has 2 heterocycles. The van der Waals surface area contributed by atoms with Crippen LogP contribution in [-0.4, -0.2) is 22.4 Å². The van der Waals surface area contributed by atoms with Crippen LogP contribution in [0.3, 0.4) is 0 Å². The van der Waals surface area contributed by atoms with E-state index in [1.807, 2.05) is 51.1 Å². The standard InChI is InChI=1S/C24H20ClN3O3/c1-14-7-9-19(10-8-14)27-15(2)11-17(16(27)3)12-21-22(29)26-24(31)28(23(21)30)20-6-4-5-18(25)13-20/h4-13H,1-3H3,(H,26,29,31). The summed E-state index contributed by atoms with van der Waals surface area (Å²) >= 11 is 6.01. The molecule has 0 aliphatic carbocycles. The van der Waals surface area contributed by atoms with Crippen molar-refractivity contribution < 1.29 is 14.4 Å². The second-order valence-electron chi connectivity index (χ2n) is 7.44. The van der Waals surface area contributed by atoms with E-state index in [-0.39, 0.29) is 5.57 Å². The molecule has 0 atom stereocenters. The van der Waals surface area contributed by atoms with E-state index in [1.54, 1.807) is 18.2 Å². The number of carbonyl (C=O) groups is 3. The lowest BCUT2D eigenvalue weighted by molar-refractivity contribution is -0.122. The van der Waals surface area contributed by atoms with Gasteiger partial charge in [0.2, 0.25) is 0 Å². The Labute approximate surface area is 184 Å². The second kappa shape index (κ2) is 7.89. The molecule has 0 saturated carbocycles. The number of imide groups is 2. The van der Waals surface area contributed by atoms with Crippen LogP contribution < -0.4 is 10.2 Å². The number of rotatable bonds is 3. The lowest BCUT2D eigenvalue weighted by Gasteiger charge is -2.26. The van der Waals surface area contributed by atoms with Crippen molar-refractivity contribution in [2.75, 3.05) is 4.90 Å². The van der Waals surface area contributed by atoms with E-state index in [0.717, 1.165) is 33.1 Å². The minimum absolute atomic E-state index is 0.122. The molecule has 3 aromatic rings. The molecule has 1 aliphatic heterocycles. The molecule has 0 radical (unpaired) electrons. The van der Waals surface area contributed by atoms with Gasteiger partial charge in [-0.25, -0.2) is 9.69 Å². The van der Waals surface area contributed by atoms with Crippen LogP contribution in [0.4, 0.5) is 10.5 Å². The third kappa shape index (κ3) is 3.78. The average Bonchev–Trinajstić information content (AvgIpc) is 2.99. The monoisotopic (exact) mass is 433 g/mol. The van der Waals surface area contributed by atoms with Crippen LogP contribution in [0.15, 0.2) is 60.2 Å². The Balaban J connectivity index is 1.76. The summed E-state index contributed by atoms with van der Waals surface area (Å²) in [6.45, 7) is 5.90. The van der Waals surface area contributed by atoms with Crippen LogP contribution in [0.2, 0.25) is 5.02 Å². The Hall–Kier alpha value is -3.64. The third-order valence-corrected chi connectivity index (χ3v) is 5.47.